The van der Waals surface area contributed by atoms with E-state index in [1.165, 1.54) is 11.9 Å². The minimum absolute atomic E-state index is 0.0998. The molecule has 1 amide bonds. The number of carbonyl (C=O) groups excluding carboxylic acids is 1. The largest absolute Gasteiger partial charge is 0.359 e. The summed E-state index contributed by atoms with van der Waals surface area (Å²) in [5.74, 6) is -0.0998. The molecule has 1 aliphatic rings. The van der Waals surface area contributed by atoms with E-state index in [4.69, 9.17) is 11.6 Å². The lowest BCUT2D eigenvalue weighted by molar-refractivity contribution is -0.115. The maximum Gasteiger partial charge on any atom is 0.243 e. The molecule has 3 aromatic rings. The van der Waals surface area contributed by atoms with Crippen LogP contribution in [0.1, 0.15) is 12.5 Å². The average Bonchev–Trinajstić information content (AvgIpc) is 3.24. The molecule has 6 nitrogen and oxygen atoms in total. The van der Waals surface area contributed by atoms with E-state index in [0.29, 0.717) is 10.7 Å². The molecular formula is C19H18ClN5O. The zero-order valence-electron chi connectivity index (χ0n) is 14.3. The molecule has 1 atom stereocenters. The fourth-order valence-corrected chi connectivity index (χ4v) is 3.53. The maximum absolute atomic E-state index is 12.7. The van der Waals surface area contributed by atoms with Crippen LogP contribution in [0.2, 0.25) is 5.02 Å². The predicted octanol–water partition coefficient (Wildman–Crippen LogP) is 3.31. The van der Waals surface area contributed by atoms with Gasteiger partial charge in [-0.1, -0.05) is 29.8 Å². The van der Waals surface area contributed by atoms with E-state index in [-0.39, 0.29) is 18.5 Å². The Morgan fingerprint density at radius 3 is 2.92 bits per heavy atom. The molecule has 0 fully saturated rings. The van der Waals surface area contributed by atoms with Gasteiger partial charge in [-0.25, -0.2) is 9.67 Å². The van der Waals surface area contributed by atoms with Crippen LogP contribution in [-0.4, -0.2) is 33.3 Å². The van der Waals surface area contributed by atoms with Gasteiger partial charge >= 0.3 is 0 Å². The second-order valence-corrected chi connectivity index (χ2v) is 6.80. The van der Waals surface area contributed by atoms with E-state index < -0.39 is 0 Å². The molecule has 132 valence electrons. The first kappa shape index (κ1) is 16.6. The molecule has 2 heterocycles. The molecule has 0 aliphatic carbocycles. The van der Waals surface area contributed by atoms with Crippen LogP contribution in [-0.2, 0) is 11.2 Å². The smallest absolute Gasteiger partial charge is 0.243 e. The Labute approximate surface area is 156 Å². The Bertz CT molecular complexity index is 941. The number of rotatable bonds is 4. The van der Waals surface area contributed by atoms with Gasteiger partial charge < -0.3 is 10.2 Å². The number of nitrogens with zero attached hydrogens (tertiary/aromatic N) is 4. The molecule has 1 aromatic heterocycles. The first-order valence-electron chi connectivity index (χ1n) is 8.41. The fraction of sp³-hybridized carbons (Fsp3) is 0.211. The van der Waals surface area contributed by atoms with Crippen molar-refractivity contribution < 1.29 is 4.79 Å². The first-order chi connectivity index (χ1) is 12.6. The van der Waals surface area contributed by atoms with E-state index in [1.807, 2.05) is 12.1 Å². The molecule has 0 spiro atoms. The quantitative estimate of drug-likeness (QED) is 0.768. The summed E-state index contributed by atoms with van der Waals surface area (Å²) in [5.41, 5.74) is 3.72. The van der Waals surface area contributed by atoms with E-state index in [0.717, 1.165) is 17.8 Å². The van der Waals surface area contributed by atoms with Crippen molar-refractivity contribution >= 4 is 28.9 Å². The van der Waals surface area contributed by atoms with Crippen LogP contribution in [0.4, 0.5) is 11.4 Å². The molecule has 4 rings (SSSR count). The maximum atomic E-state index is 12.7. The Balaban J connectivity index is 1.55. The van der Waals surface area contributed by atoms with Crippen LogP contribution in [0, 0.1) is 0 Å². The molecular weight excluding hydrogens is 350 g/mol. The number of halogens is 1. The standard InChI is InChI=1S/C19H18ClN5O/c1-13-8-14-4-2-3-5-17(14)24(13)10-19(26)23-16-9-15(20)6-7-18(16)25-12-21-11-22-25/h2-7,9,11-13H,8,10H2,1H3,(H,23,26)/t13-/m1/s1. The highest BCUT2D eigenvalue weighted by molar-refractivity contribution is 6.31. The van der Waals surface area contributed by atoms with Gasteiger partial charge in [-0.05, 0) is 43.2 Å². The molecule has 1 aliphatic heterocycles. The third-order valence-electron chi connectivity index (χ3n) is 4.56. The number of amides is 1. The minimum atomic E-state index is -0.0998. The summed E-state index contributed by atoms with van der Waals surface area (Å²) in [4.78, 5) is 18.8. The van der Waals surface area contributed by atoms with E-state index in [2.05, 4.69) is 39.4 Å². The number of carbonyl (C=O) groups is 1. The van der Waals surface area contributed by atoms with Gasteiger partial charge in [0.1, 0.15) is 12.7 Å². The highest BCUT2D eigenvalue weighted by atomic mass is 35.5. The van der Waals surface area contributed by atoms with Gasteiger partial charge in [0.25, 0.3) is 0 Å². The summed E-state index contributed by atoms with van der Waals surface area (Å²) in [7, 11) is 0. The number of anilines is 2. The molecule has 0 radical (unpaired) electrons. The van der Waals surface area contributed by atoms with Crippen LogP contribution in [0.25, 0.3) is 5.69 Å². The summed E-state index contributed by atoms with van der Waals surface area (Å²) >= 11 is 6.12. The van der Waals surface area contributed by atoms with E-state index >= 15 is 0 Å². The molecule has 0 bridgehead atoms. The summed E-state index contributed by atoms with van der Waals surface area (Å²) in [6.07, 6.45) is 3.98. The van der Waals surface area contributed by atoms with Gasteiger partial charge in [0.2, 0.25) is 5.91 Å². The monoisotopic (exact) mass is 367 g/mol. The van der Waals surface area contributed by atoms with Crippen LogP contribution >= 0.6 is 11.6 Å². The summed E-state index contributed by atoms with van der Waals surface area (Å²) < 4.78 is 1.60. The number of fused-ring (bicyclic) bond motifs is 1. The molecule has 0 saturated heterocycles. The number of aromatic nitrogens is 3. The normalized spacial score (nSPS) is 15.8. The van der Waals surface area contributed by atoms with Crippen molar-refractivity contribution in [3.05, 3.63) is 65.7 Å². The molecule has 0 saturated carbocycles. The number of nitrogens with one attached hydrogen (secondary N) is 1. The van der Waals surface area contributed by atoms with Crippen molar-refractivity contribution in [3.8, 4) is 5.69 Å². The van der Waals surface area contributed by atoms with Crippen LogP contribution in [0.15, 0.2) is 55.1 Å². The third-order valence-corrected chi connectivity index (χ3v) is 4.80. The van der Waals surface area contributed by atoms with E-state index in [9.17, 15) is 4.79 Å². The van der Waals surface area contributed by atoms with Crippen LogP contribution in [0.5, 0.6) is 0 Å². The van der Waals surface area contributed by atoms with Gasteiger partial charge in [-0.2, -0.15) is 5.10 Å². The van der Waals surface area contributed by atoms with Crippen LogP contribution in [0.3, 0.4) is 0 Å². The van der Waals surface area contributed by atoms with Crippen molar-refractivity contribution in [2.45, 2.75) is 19.4 Å². The molecule has 2 aromatic carbocycles. The van der Waals surface area contributed by atoms with Crippen molar-refractivity contribution in [2.24, 2.45) is 0 Å². The highest BCUT2D eigenvalue weighted by Gasteiger charge is 2.27. The zero-order chi connectivity index (χ0) is 18.1. The van der Waals surface area contributed by atoms with Gasteiger partial charge in [0, 0.05) is 16.8 Å². The van der Waals surface area contributed by atoms with Gasteiger partial charge in [-0.15, -0.1) is 0 Å². The van der Waals surface area contributed by atoms with Crippen molar-refractivity contribution in [1.29, 1.82) is 0 Å². The molecule has 26 heavy (non-hydrogen) atoms. The number of hydrogen-bond acceptors (Lipinski definition) is 4. The number of benzene rings is 2. The number of para-hydroxylation sites is 1. The van der Waals surface area contributed by atoms with Crippen molar-refractivity contribution in [3.63, 3.8) is 0 Å². The SMILES string of the molecule is C[C@@H]1Cc2ccccc2N1CC(=O)Nc1cc(Cl)ccc1-n1cncn1. The lowest BCUT2D eigenvalue weighted by atomic mass is 10.1. The second-order valence-electron chi connectivity index (χ2n) is 6.36. The summed E-state index contributed by atoms with van der Waals surface area (Å²) in [5, 5.41) is 7.64. The average molecular weight is 368 g/mol. The Morgan fingerprint density at radius 2 is 2.12 bits per heavy atom. The predicted molar refractivity (Wildman–Crippen MR) is 102 cm³/mol. The third kappa shape index (κ3) is 3.15. The summed E-state index contributed by atoms with van der Waals surface area (Å²) in [6.45, 7) is 2.41. The molecule has 1 N–H and O–H groups in total. The van der Waals surface area contributed by atoms with Gasteiger partial charge in [0.05, 0.1) is 17.9 Å². The minimum Gasteiger partial charge on any atom is -0.359 e. The first-order valence-corrected chi connectivity index (χ1v) is 8.78. The van der Waals surface area contributed by atoms with Crippen molar-refractivity contribution in [1.82, 2.24) is 14.8 Å². The Kier molecular flexibility index (Phi) is 4.34. The molecule has 7 heteroatoms. The summed E-state index contributed by atoms with van der Waals surface area (Å²) in [6, 6.07) is 13.8. The second kappa shape index (κ2) is 6.80. The van der Waals surface area contributed by atoms with Crippen LogP contribution < -0.4 is 10.2 Å². The fourth-order valence-electron chi connectivity index (χ4n) is 3.36. The Morgan fingerprint density at radius 1 is 1.27 bits per heavy atom. The molecule has 0 unspecified atom stereocenters. The Hall–Kier alpha value is -2.86. The van der Waals surface area contributed by atoms with E-state index in [1.54, 1.807) is 29.2 Å². The lowest BCUT2D eigenvalue weighted by Gasteiger charge is -2.24. The lowest BCUT2D eigenvalue weighted by Crippen LogP contribution is -2.37. The van der Waals surface area contributed by atoms with Crippen molar-refractivity contribution in [2.75, 3.05) is 16.8 Å². The zero-order valence-corrected chi connectivity index (χ0v) is 15.0. The topological polar surface area (TPSA) is 63.1 Å². The van der Waals surface area contributed by atoms with Gasteiger partial charge in [0.15, 0.2) is 0 Å². The van der Waals surface area contributed by atoms with Gasteiger partial charge in [-0.3, -0.25) is 4.79 Å². The number of hydrogen-bond donors (Lipinski definition) is 1. The highest BCUT2D eigenvalue weighted by Crippen LogP contribution is 2.31.